The molecule has 5 nitrogen and oxygen atoms in total. The van der Waals surface area contributed by atoms with Crippen LogP contribution in [0.1, 0.15) is 26.1 Å². The number of likely N-dealkylation sites (N-methyl/N-ethyl adjacent to an activating group) is 1. The molecule has 130 valence electrons. The van der Waals surface area contributed by atoms with Crippen LogP contribution in [0.3, 0.4) is 0 Å². The maximum atomic E-state index is 13.1. The zero-order chi connectivity index (χ0) is 16.9. The van der Waals surface area contributed by atoms with Gasteiger partial charge in [-0.15, -0.1) is 0 Å². The van der Waals surface area contributed by atoms with E-state index in [-0.39, 0.29) is 5.82 Å². The third kappa shape index (κ3) is 3.99. The molecule has 2 heterocycles. The first kappa shape index (κ1) is 17.0. The van der Waals surface area contributed by atoms with Gasteiger partial charge in [0.25, 0.3) is 0 Å². The molecule has 0 saturated carbocycles. The molecule has 1 saturated heterocycles. The second-order valence-electron chi connectivity index (χ2n) is 6.29. The number of aromatic nitrogens is 3. The van der Waals surface area contributed by atoms with Crippen molar-refractivity contribution in [3.8, 4) is 11.4 Å². The molecule has 6 heteroatoms. The second kappa shape index (κ2) is 7.85. The smallest absolute Gasteiger partial charge is 0.181 e. The maximum absolute atomic E-state index is 13.1. The van der Waals surface area contributed by atoms with E-state index in [9.17, 15) is 4.39 Å². The molecule has 1 aliphatic heterocycles. The van der Waals surface area contributed by atoms with E-state index in [1.165, 1.54) is 12.1 Å². The molecule has 0 bridgehead atoms. The lowest BCUT2D eigenvalue weighted by Gasteiger charge is -2.33. The summed E-state index contributed by atoms with van der Waals surface area (Å²) in [6.45, 7) is 11.5. The molecule has 0 N–H and O–H groups in total. The van der Waals surface area contributed by atoms with Crippen LogP contribution in [-0.2, 0) is 13.1 Å². The van der Waals surface area contributed by atoms with E-state index in [1.54, 1.807) is 12.1 Å². The molecule has 0 unspecified atom stereocenters. The van der Waals surface area contributed by atoms with E-state index in [1.807, 2.05) is 4.68 Å². The van der Waals surface area contributed by atoms with Crippen molar-refractivity contribution in [3.63, 3.8) is 0 Å². The summed E-state index contributed by atoms with van der Waals surface area (Å²) < 4.78 is 15.1. The molecule has 24 heavy (non-hydrogen) atoms. The number of halogens is 1. The average Bonchev–Trinajstić information content (AvgIpc) is 2.99. The van der Waals surface area contributed by atoms with Crippen molar-refractivity contribution in [1.29, 1.82) is 0 Å². The van der Waals surface area contributed by atoms with Gasteiger partial charge in [-0.1, -0.05) is 13.8 Å². The highest BCUT2D eigenvalue weighted by molar-refractivity contribution is 5.54. The van der Waals surface area contributed by atoms with Crippen LogP contribution in [0.2, 0.25) is 0 Å². The van der Waals surface area contributed by atoms with E-state index in [0.717, 1.165) is 63.6 Å². The van der Waals surface area contributed by atoms with Crippen LogP contribution in [-0.4, -0.2) is 57.3 Å². The van der Waals surface area contributed by atoms with Crippen molar-refractivity contribution in [3.05, 3.63) is 35.9 Å². The van der Waals surface area contributed by atoms with Crippen molar-refractivity contribution in [2.75, 3.05) is 32.7 Å². The van der Waals surface area contributed by atoms with Gasteiger partial charge < -0.3 is 4.90 Å². The Hall–Kier alpha value is -1.79. The lowest BCUT2D eigenvalue weighted by molar-refractivity contribution is 0.128. The van der Waals surface area contributed by atoms with Gasteiger partial charge in [-0.3, -0.25) is 4.90 Å². The Balaban J connectivity index is 1.75. The Labute approximate surface area is 143 Å². The molecule has 1 aliphatic rings. The van der Waals surface area contributed by atoms with Crippen molar-refractivity contribution < 1.29 is 4.39 Å². The average molecular weight is 331 g/mol. The first-order chi connectivity index (χ1) is 11.7. The van der Waals surface area contributed by atoms with E-state index >= 15 is 0 Å². The molecule has 0 spiro atoms. The normalized spacial score (nSPS) is 16.6. The summed E-state index contributed by atoms with van der Waals surface area (Å²) in [6.07, 6.45) is 1.02. The van der Waals surface area contributed by atoms with Gasteiger partial charge in [0.15, 0.2) is 5.82 Å². The number of hydrogen-bond donors (Lipinski definition) is 0. The van der Waals surface area contributed by atoms with Gasteiger partial charge in [0.2, 0.25) is 0 Å². The van der Waals surface area contributed by atoms with Gasteiger partial charge >= 0.3 is 0 Å². The predicted octanol–water partition coefficient (Wildman–Crippen LogP) is 2.63. The molecule has 1 fully saturated rings. The summed E-state index contributed by atoms with van der Waals surface area (Å²) in [5.41, 5.74) is 0.864. The van der Waals surface area contributed by atoms with E-state index in [2.05, 4.69) is 28.7 Å². The molecule has 1 aromatic heterocycles. The highest BCUT2D eigenvalue weighted by Crippen LogP contribution is 2.18. The van der Waals surface area contributed by atoms with Crippen molar-refractivity contribution in [2.45, 2.75) is 33.4 Å². The van der Waals surface area contributed by atoms with Crippen LogP contribution in [0.15, 0.2) is 24.3 Å². The molecule has 0 aliphatic carbocycles. The molecule has 1 aromatic carbocycles. The SMILES string of the molecule is CCCn1nc(-c2ccc(F)cc2)nc1CN1CCN(CC)CC1. The van der Waals surface area contributed by atoms with Crippen LogP contribution < -0.4 is 0 Å². The summed E-state index contributed by atoms with van der Waals surface area (Å²) in [6, 6.07) is 6.40. The number of rotatable bonds is 6. The fraction of sp³-hybridized carbons (Fsp3) is 0.556. The van der Waals surface area contributed by atoms with Gasteiger partial charge in [-0.2, -0.15) is 5.10 Å². The summed E-state index contributed by atoms with van der Waals surface area (Å²) in [5, 5.41) is 4.64. The van der Waals surface area contributed by atoms with Crippen LogP contribution in [0, 0.1) is 5.82 Å². The van der Waals surface area contributed by atoms with Gasteiger partial charge in [-0.05, 0) is 37.2 Å². The fourth-order valence-corrected chi connectivity index (χ4v) is 3.07. The van der Waals surface area contributed by atoms with E-state index in [0.29, 0.717) is 5.82 Å². The molecular formula is C18H26FN5. The van der Waals surface area contributed by atoms with Crippen LogP contribution in [0.5, 0.6) is 0 Å². The lowest BCUT2D eigenvalue weighted by atomic mass is 10.2. The van der Waals surface area contributed by atoms with Crippen molar-refractivity contribution >= 4 is 0 Å². The summed E-state index contributed by atoms with van der Waals surface area (Å²) >= 11 is 0. The van der Waals surface area contributed by atoms with Crippen LogP contribution in [0.25, 0.3) is 11.4 Å². The zero-order valence-corrected chi connectivity index (χ0v) is 14.6. The number of piperazine rings is 1. The van der Waals surface area contributed by atoms with Gasteiger partial charge in [0, 0.05) is 38.3 Å². The third-order valence-electron chi connectivity index (χ3n) is 4.56. The summed E-state index contributed by atoms with van der Waals surface area (Å²) in [4.78, 5) is 9.65. The number of nitrogens with zero attached hydrogens (tertiary/aromatic N) is 5. The van der Waals surface area contributed by atoms with Crippen molar-refractivity contribution in [2.24, 2.45) is 0 Å². The molecule has 0 amide bonds. The minimum atomic E-state index is -0.235. The monoisotopic (exact) mass is 331 g/mol. The highest BCUT2D eigenvalue weighted by atomic mass is 19.1. The van der Waals surface area contributed by atoms with Crippen LogP contribution >= 0.6 is 0 Å². The van der Waals surface area contributed by atoms with Gasteiger partial charge in [-0.25, -0.2) is 14.1 Å². The Kier molecular flexibility index (Phi) is 5.58. The largest absolute Gasteiger partial charge is 0.301 e. The first-order valence-corrected chi connectivity index (χ1v) is 8.84. The van der Waals surface area contributed by atoms with E-state index < -0.39 is 0 Å². The fourth-order valence-electron chi connectivity index (χ4n) is 3.07. The predicted molar refractivity (Wildman–Crippen MR) is 93.1 cm³/mol. The topological polar surface area (TPSA) is 37.2 Å². The van der Waals surface area contributed by atoms with E-state index in [4.69, 9.17) is 4.98 Å². The molecule has 3 rings (SSSR count). The van der Waals surface area contributed by atoms with Crippen LogP contribution in [0.4, 0.5) is 4.39 Å². The minimum absolute atomic E-state index is 0.235. The molecule has 2 aromatic rings. The molecular weight excluding hydrogens is 305 g/mol. The number of benzene rings is 1. The van der Waals surface area contributed by atoms with Crippen molar-refractivity contribution in [1.82, 2.24) is 24.6 Å². The first-order valence-electron chi connectivity index (χ1n) is 8.84. The Morgan fingerprint density at radius 2 is 1.67 bits per heavy atom. The standard InChI is InChI=1S/C18H26FN5/c1-3-9-24-17(14-23-12-10-22(4-2)11-13-23)20-18(21-24)15-5-7-16(19)8-6-15/h5-8H,3-4,9-14H2,1-2H3. The highest BCUT2D eigenvalue weighted by Gasteiger charge is 2.19. The zero-order valence-electron chi connectivity index (χ0n) is 14.6. The van der Waals surface area contributed by atoms with Gasteiger partial charge in [0.1, 0.15) is 11.6 Å². The molecule has 0 atom stereocenters. The Morgan fingerprint density at radius 3 is 2.29 bits per heavy atom. The number of aryl methyl sites for hydroxylation is 1. The third-order valence-corrected chi connectivity index (χ3v) is 4.56. The maximum Gasteiger partial charge on any atom is 0.181 e. The lowest BCUT2D eigenvalue weighted by Crippen LogP contribution is -2.45. The summed E-state index contributed by atoms with van der Waals surface area (Å²) in [7, 11) is 0. The minimum Gasteiger partial charge on any atom is -0.301 e. The Bertz CT molecular complexity index is 644. The quantitative estimate of drug-likeness (QED) is 0.815. The number of hydrogen-bond acceptors (Lipinski definition) is 4. The molecule has 0 radical (unpaired) electrons. The summed E-state index contributed by atoms with van der Waals surface area (Å²) in [5.74, 6) is 1.45. The van der Waals surface area contributed by atoms with Gasteiger partial charge in [0.05, 0.1) is 6.54 Å². The Morgan fingerprint density at radius 1 is 1.00 bits per heavy atom. The second-order valence-corrected chi connectivity index (χ2v) is 6.29.